The van der Waals surface area contributed by atoms with Crippen molar-refractivity contribution in [3.8, 4) is 0 Å². The van der Waals surface area contributed by atoms with Gasteiger partial charge in [0.05, 0.1) is 5.60 Å². The molecule has 15 heavy (non-hydrogen) atoms. The first-order valence-electron chi connectivity index (χ1n) is 5.21. The van der Waals surface area contributed by atoms with Crippen molar-refractivity contribution in [2.45, 2.75) is 31.9 Å². The van der Waals surface area contributed by atoms with Gasteiger partial charge in [-0.15, -0.1) is 0 Å². The summed E-state index contributed by atoms with van der Waals surface area (Å²) in [6.45, 7) is 4.18. The molecule has 1 aromatic heterocycles. The van der Waals surface area contributed by atoms with Crippen molar-refractivity contribution in [1.29, 1.82) is 0 Å². The molecule has 0 bridgehead atoms. The molecule has 0 spiro atoms. The van der Waals surface area contributed by atoms with Gasteiger partial charge in [-0.1, -0.05) is 6.07 Å². The van der Waals surface area contributed by atoms with E-state index in [1.807, 2.05) is 19.3 Å². The van der Waals surface area contributed by atoms with Gasteiger partial charge in [0.25, 0.3) is 0 Å². The molecule has 1 unspecified atom stereocenters. The van der Waals surface area contributed by atoms with E-state index in [0.29, 0.717) is 0 Å². The maximum atomic E-state index is 5.43. The van der Waals surface area contributed by atoms with Crippen LogP contribution >= 0.6 is 0 Å². The van der Waals surface area contributed by atoms with Gasteiger partial charge in [0.15, 0.2) is 0 Å². The summed E-state index contributed by atoms with van der Waals surface area (Å²) in [5, 5.41) is 3.29. The average molecular weight is 208 g/mol. The highest BCUT2D eigenvalue weighted by Gasteiger charge is 2.22. The van der Waals surface area contributed by atoms with Gasteiger partial charge in [0.1, 0.15) is 0 Å². The molecule has 1 aromatic rings. The van der Waals surface area contributed by atoms with Crippen LogP contribution in [0.1, 0.15) is 31.9 Å². The van der Waals surface area contributed by atoms with Crippen molar-refractivity contribution in [1.82, 2.24) is 10.3 Å². The third-order valence-corrected chi connectivity index (χ3v) is 2.68. The number of hydrogen-bond donors (Lipinski definition) is 1. The monoisotopic (exact) mass is 208 g/mol. The Morgan fingerprint density at radius 2 is 2.27 bits per heavy atom. The van der Waals surface area contributed by atoms with Gasteiger partial charge in [0, 0.05) is 25.5 Å². The molecule has 0 aliphatic heterocycles. The Morgan fingerprint density at radius 1 is 1.53 bits per heavy atom. The largest absolute Gasteiger partial charge is 0.379 e. The highest BCUT2D eigenvalue weighted by Crippen LogP contribution is 2.24. The van der Waals surface area contributed by atoms with Gasteiger partial charge < -0.3 is 10.1 Å². The molecule has 0 amide bonds. The molecular formula is C12H20N2O. The summed E-state index contributed by atoms with van der Waals surface area (Å²) >= 11 is 0. The van der Waals surface area contributed by atoms with Crippen molar-refractivity contribution in [3.63, 3.8) is 0 Å². The van der Waals surface area contributed by atoms with Crippen LogP contribution in [-0.2, 0) is 4.74 Å². The summed E-state index contributed by atoms with van der Waals surface area (Å²) in [4.78, 5) is 4.13. The normalized spacial score (nSPS) is 13.9. The van der Waals surface area contributed by atoms with Crippen LogP contribution in [0.25, 0.3) is 0 Å². The number of nitrogens with zero attached hydrogens (tertiary/aromatic N) is 1. The zero-order valence-electron chi connectivity index (χ0n) is 9.95. The van der Waals surface area contributed by atoms with E-state index in [1.54, 1.807) is 13.3 Å². The van der Waals surface area contributed by atoms with Gasteiger partial charge in [-0.2, -0.15) is 0 Å². The fraction of sp³-hybridized carbons (Fsp3) is 0.583. The van der Waals surface area contributed by atoms with Gasteiger partial charge >= 0.3 is 0 Å². The second kappa shape index (κ2) is 5.24. The van der Waals surface area contributed by atoms with Crippen molar-refractivity contribution in [3.05, 3.63) is 30.1 Å². The first-order chi connectivity index (χ1) is 7.09. The second-order valence-corrected chi connectivity index (χ2v) is 4.30. The predicted molar refractivity (Wildman–Crippen MR) is 61.7 cm³/mol. The summed E-state index contributed by atoms with van der Waals surface area (Å²) in [6.07, 6.45) is 4.61. The molecule has 0 saturated carbocycles. The lowest BCUT2D eigenvalue weighted by molar-refractivity contribution is 0.00742. The van der Waals surface area contributed by atoms with E-state index in [9.17, 15) is 0 Å². The van der Waals surface area contributed by atoms with Crippen molar-refractivity contribution in [2.24, 2.45) is 0 Å². The molecular weight excluding hydrogens is 188 g/mol. The van der Waals surface area contributed by atoms with Gasteiger partial charge in [-0.05, 0) is 38.9 Å². The van der Waals surface area contributed by atoms with Crippen molar-refractivity contribution < 1.29 is 4.74 Å². The van der Waals surface area contributed by atoms with Crippen LogP contribution in [0.4, 0.5) is 0 Å². The molecule has 1 N–H and O–H groups in total. The summed E-state index contributed by atoms with van der Waals surface area (Å²) in [6, 6.07) is 4.33. The van der Waals surface area contributed by atoms with Gasteiger partial charge in [-0.3, -0.25) is 4.98 Å². The molecule has 3 nitrogen and oxygen atoms in total. The van der Waals surface area contributed by atoms with E-state index in [2.05, 4.69) is 30.2 Å². The first-order valence-corrected chi connectivity index (χ1v) is 5.21. The predicted octanol–water partition coefficient (Wildman–Crippen LogP) is 2.16. The summed E-state index contributed by atoms with van der Waals surface area (Å²) in [5.74, 6) is 0. The maximum Gasteiger partial charge on any atom is 0.0640 e. The quantitative estimate of drug-likeness (QED) is 0.805. The van der Waals surface area contributed by atoms with E-state index in [1.165, 1.54) is 5.56 Å². The minimum absolute atomic E-state index is 0.122. The zero-order chi connectivity index (χ0) is 11.3. The van der Waals surface area contributed by atoms with Crippen LogP contribution in [-0.4, -0.2) is 24.7 Å². The molecule has 0 aromatic carbocycles. The Balaban J connectivity index is 2.73. The van der Waals surface area contributed by atoms with Crippen molar-refractivity contribution in [2.75, 3.05) is 14.2 Å². The lowest BCUT2D eigenvalue weighted by atomic mass is 9.95. The summed E-state index contributed by atoms with van der Waals surface area (Å²) < 4.78 is 5.43. The Hall–Kier alpha value is -0.930. The SMILES string of the molecule is CNC(CC(C)(C)OC)c1cccnc1. The van der Waals surface area contributed by atoms with E-state index in [4.69, 9.17) is 4.74 Å². The molecule has 0 aliphatic rings. The number of aromatic nitrogens is 1. The van der Waals surface area contributed by atoms with Gasteiger partial charge in [-0.25, -0.2) is 0 Å². The fourth-order valence-corrected chi connectivity index (χ4v) is 1.54. The Kier molecular flexibility index (Phi) is 4.24. The molecule has 1 atom stereocenters. The van der Waals surface area contributed by atoms with E-state index in [-0.39, 0.29) is 11.6 Å². The number of pyridine rings is 1. The molecule has 1 heterocycles. The Bertz CT molecular complexity index is 285. The third-order valence-electron chi connectivity index (χ3n) is 2.68. The van der Waals surface area contributed by atoms with E-state index in [0.717, 1.165) is 6.42 Å². The van der Waals surface area contributed by atoms with Crippen LogP contribution in [0.3, 0.4) is 0 Å². The van der Waals surface area contributed by atoms with Crippen LogP contribution in [0.5, 0.6) is 0 Å². The Morgan fingerprint density at radius 3 is 2.73 bits per heavy atom. The lowest BCUT2D eigenvalue weighted by Gasteiger charge is -2.28. The number of nitrogens with one attached hydrogen (secondary N) is 1. The number of rotatable bonds is 5. The fourth-order valence-electron chi connectivity index (χ4n) is 1.54. The standard InChI is InChI=1S/C12H20N2O/c1-12(2,15-4)8-11(13-3)10-6-5-7-14-9-10/h5-7,9,11,13H,8H2,1-4H3. The number of ether oxygens (including phenoxy) is 1. The van der Waals surface area contributed by atoms with E-state index >= 15 is 0 Å². The summed E-state index contributed by atoms with van der Waals surface area (Å²) in [5.41, 5.74) is 1.08. The van der Waals surface area contributed by atoms with Crippen LogP contribution in [0, 0.1) is 0 Å². The first kappa shape index (κ1) is 12.1. The average Bonchev–Trinajstić information content (AvgIpc) is 2.27. The van der Waals surface area contributed by atoms with E-state index < -0.39 is 0 Å². The minimum atomic E-state index is -0.122. The Labute approximate surface area is 91.9 Å². The molecule has 84 valence electrons. The molecule has 0 fully saturated rings. The molecule has 0 saturated heterocycles. The highest BCUT2D eigenvalue weighted by molar-refractivity contribution is 5.14. The van der Waals surface area contributed by atoms with Crippen molar-refractivity contribution >= 4 is 0 Å². The number of methoxy groups -OCH3 is 1. The molecule has 0 radical (unpaired) electrons. The van der Waals surface area contributed by atoms with Crippen LogP contribution in [0.15, 0.2) is 24.5 Å². The second-order valence-electron chi connectivity index (χ2n) is 4.30. The molecule has 1 rings (SSSR count). The smallest absolute Gasteiger partial charge is 0.0640 e. The van der Waals surface area contributed by atoms with Gasteiger partial charge in [0.2, 0.25) is 0 Å². The summed E-state index contributed by atoms with van der Waals surface area (Å²) in [7, 11) is 3.71. The molecule has 3 heteroatoms. The topological polar surface area (TPSA) is 34.1 Å². The lowest BCUT2D eigenvalue weighted by Crippen LogP contribution is -2.30. The van der Waals surface area contributed by atoms with Crippen LogP contribution in [0.2, 0.25) is 0 Å². The zero-order valence-corrected chi connectivity index (χ0v) is 9.95. The minimum Gasteiger partial charge on any atom is -0.379 e. The van der Waals surface area contributed by atoms with Crippen LogP contribution < -0.4 is 5.32 Å². The highest BCUT2D eigenvalue weighted by atomic mass is 16.5. The number of hydrogen-bond acceptors (Lipinski definition) is 3. The molecule has 0 aliphatic carbocycles. The third kappa shape index (κ3) is 3.61. The maximum absolute atomic E-state index is 5.43.